The number of ketones is 2. The normalized spacial score (nSPS) is 14.0. The van der Waals surface area contributed by atoms with Crippen LogP contribution in [-0.4, -0.2) is 30.8 Å². The van der Waals surface area contributed by atoms with Crippen LogP contribution in [0, 0.1) is 6.92 Å². The fourth-order valence-corrected chi connectivity index (χ4v) is 4.09. The van der Waals surface area contributed by atoms with Crippen LogP contribution in [0.25, 0.3) is 0 Å². The number of fused-ring (bicyclic) bond motifs is 1. The van der Waals surface area contributed by atoms with E-state index in [1.165, 1.54) is 30.2 Å². The molecule has 0 bridgehead atoms. The van der Waals surface area contributed by atoms with E-state index in [-0.39, 0.29) is 23.0 Å². The molecular formula is C16H13NO4S2. The van der Waals surface area contributed by atoms with E-state index in [1.54, 1.807) is 26.2 Å². The fourth-order valence-electron chi connectivity index (χ4n) is 2.19. The molecule has 0 saturated carbocycles. The average Bonchev–Trinajstić information content (AvgIpc) is 2.96. The molecule has 2 aromatic rings. The van der Waals surface area contributed by atoms with Crippen molar-refractivity contribution in [2.24, 2.45) is 0 Å². The number of Topliss-reactive ketones (excluding diaryl/α,β-unsaturated/α-hetero) is 2. The Morgan fingerprint density at radius 3 is 2.35 bits per heavy atom. The molecule has 1 heterocycles. The molecule has 1 aromatic carbocycles. The maximum absolute atomic E-state index is 12.7. The first-order valence-electron chi connectivity index (χ1n) is 6.72. The van der Waals surface area contributed by atoms with Crippen molar-refractivity contribution in [1.82, 2.24) is 4.98 Å². The van der Waals surface area contributed by atoms with Gasteiger partial charge >= 0.3 is 0 Å². The summed E-state index contributed by atoms with van der Waals surface area (Å²) >= 11 is 2.44. The molecule has 0 aliphatic heterocycles. The standard InChI is InChI=1S/C16H13NO4S2/c1-8-17-11-12(18)14(21-3)16(13(19)15(11)22-8)23-10-6-4-9(20-2)5-7-10/h4-7H,1-3H3. The summed E-state index contributed by atoms with van der Waals surface area (Å²) in [6, 6.07) is 7.25. The smallest absolute Gasteiger partial charge is 0.248 e. The summed E-state index contributed by atoms with van der Waals surface area (Å²) in [7, 11) is 2.98. The van der Waals surface area contributed by atoms with E-state index in [1.807, 2.05) is 12.1 Å². The highest BCUT2D eigenvalue weighted by molar-refractivity contribution is 8.04. The molecule has 0 atom stereocenters. The van der Waals surface area contributed by atoms with Gasteiger partial charge < -0.3 is 9.47 Å². The van der Waals surface area contributed by atoms with Gasteiger partial charge in [0.2, 0.25) is 11.6 Å². The summed E-state index contributed by atoms with van der Waals surface area (Å²) in [6.45, 7) is 1.77. The van der Waals surface area contributed by atoms with Gasteiger partial charge in [-0.3, -0.25) is 9.59 Å². The first kappa shape index (κ1) is 15.8. The first-order chi connectivity index (χ1) is 11.0. The number of carbonyl (C=O) groups excluding carboxylic acids is 2. The lowest BCUT2D eigenvalue weighted by molar-refractivity contribution is 0.0911. The Balaban J connectivity index is 2.00. The zero-order chi connectivity index (χ0) is 16.6. The van der Waals surface area contributed by atoms with Gasteiger partial charge in [0.1, 0.15) is 21.2 Å². The Morgan fingerprint density at radius 1 is 1.04 bits per heavy atom. The maximum atomic E-state index is 12.7. The Bertz CT molecular complexity index is 821. The number of aromatic nitrogens is 1. The molecule has 7 heteroatoms. The number of hydrogen-bond acceptors (Lipinski definition) is 7. The summed E-state index contributed by atoms with van der Waals surface area (Å²) < 4.78 is 10.3. The van der Waals surface area contributed by atoms with Crippen LogP contribution >= 0.6 is 23.1 Å². The SMILES string of the molecule is COC1=C(Sc2ccc(OC)cc2)C(=O)c2sc(C)nc2C1=O. The van der Waals surface area contributed by atoms with Gasteiger partial charge in [-0.25, -0.2) is 4.98 Å². The quantitative estimate of drug-likeness (QED) is 0.843. The molecule has 118 valence electrons. The van der Waals surface area contributed by atoms with Gasteiger partial charge in [0.05, 0.1) is 19.2 Å². The number of hydrogen-bond donors (Lipinski definition) is 0. The van der Waals surface area contributed by atoms with Crippen molar-refractivity contribution >= 4 is 34.7 Å². The number of benzene rings is 1. The summed E-state index contributed by atoms with van der Waals surface area (Å²) in [5.41, 5.74) is 0.188. The van der Waals surface area contributed by atoms with Gasteiger partial charge in [-0.2, -0.15) is 0 Å². The van der Waals surface area contributed by atoms with Crippen molar-refractivity contribution in [3.63, 3.8) is 0 Å². The average molecular weight is 347 g/mol. The van der Waals surface area contributed by atoms with E-state index >= 15 is 0 Å². The van der Waals surface area contributed by atoms with Crippen molar-refractivity contribution in [3.8, 4) is 5.75 Å². The lowest BCUT2D eigenvalue weighted by Crippen LogP contribution is -2.20. The van der Waals surface area contributed by atoms with Crippen LogP contribution in [0.4, 0.5) is 0 Å². The molecule has 3 rings (SSSR count). The van der Waals surface area contributed by atoms with Gasteiger partial charge in [-0.15, -0.1) is 11.3 Å². The van der Waals surface area contributed by atoms with Gasteiger partial charge in [0.15, 0.2) is 5.76 Å². The summed E-state index contributed by atoms with van der Waals surface area (Å²) in [6.07, 6.45) is 0. The Hall–Kier alpha value is -2.12. The van der Waals surface area contributed by atoms with Gasteiger partial charge in [0.25, 0.3) is 0 Å². The third-order valence-corrected chi connectivity index (χ3v) is 5.31. The van der Waals surface area contributed by atoms with Crippen LogP contribution in [0.5, 0.6) is 5.75 Å². The van der Waals surface area contributed by atoms with Crippen LogP contribution in [-0.2, 0) is 4.74 Å². The highest BCUT2D eigenvalue weighted by Gasteiger charge is 2.37. The van der Waals surface area contributed by atoms with E-state index in [2.05, 4.69) is 4.98 Å². The molecule has 5 nitrogen and oxygen atoms in total. The zero-order valence-corrected chi connectivity index (χ0v) is 14.3. The minimum atomic E-state index is -0.345. The minimum absolute atomic E-state index is 0.0496. The van der Waals surface area contributed by atoms with Crippen molar-refractivity contribution in [3.05, 3.63) is 50.5 Å². The second-order valence-electron chi connectivity index (χ2n) is 4.71. The Morgan fingerprint density at radius 2 is 1.74 bits per heavy atom. The molecule has 1 aliphatic carbocycles. The van der Waals surface area contributed by atoms with Gasteiger partial charge in [0, 0.05) is 4.90 Å². The molecule has 0 saturated heterocycles. The highest BCUT2D eigenvalue weighted by atomic mass is 32.2. The predicted octanol–water partition coefficient (Wildman–Crippen LogP) is 3.49. The van der Waals surface area contributed by atoms with E-state index in [0.29, 0.717) is 14.8 Å². The second kappa shape index (κ2) is 6.17. The van der Waals surface area contributed by atoms with Gasteiger partial charge in [-0.1, -0.05) is 11.8 Å². The Kier molecular flexibility index (Phi) is 4.23. The minimum Gasteiger partial charge on any atom is -0.497 e. The number of nitrogens with zero attached hydrogens (tertiary/aromatic N) is 1. The number of ether oxygens (including phenoxy) is 2. The molecule has 1 aliphatic rings. The van der Waals surface area contributed by atoms with E-state index in [9.17, 15) is 9.59 Å². The summed E-state index contributed by atoms with van der Waals surface area (Å²) in [4.78, 5) is 30.8. The topological polar surface area (TPSA) is 65.5 Å². The van der Waals surface area contributed by atoms with Crippen molar-refractivity contribution in [2.45, 2.75) is 11.8 Å². The van der Waals surface area contributed by atoms with Crippen LogP contribution in [0.2, 0.25) is 0 Å². The van der Waals surface area contributed by atoms with E-state index < -0.39 is 0 Å². The molecule has 0 spiro atoms. The van der Waals surface area contributed by atoms with Crippen molar-refractivity contribution < 1.29 is 19.1 Å². The molecular weight excluding hydrogens is 334 g/mol. The molecule has 0 N–H and O–H groups in total. The van der Waals surface area contributed by atoms with Crippen LogP contribution in [0.15, 0.2) is 39.8 Å². The number of aryl methyl sites for hydroxylation is 1. The molecule has 0 amide bonds. The zero-order valence-electron chi connectivity index (χ0n) is 12.7. The van der Waals surface area contributed by atoms with E-state index in [0.717, 1.165) is 10.6 Å². The largest absolute Gasteiger partial charge is 0.497 e. The molecule has 0 fully saturated rings. The fraction of sp³-hybridized carbons (Fsp3) is 0.188. The number of allylic oxidation sites excluding steroid dienone is 2. The number of carbonyl (C=O) groups is 2. The van der Waals surface area contributed by atoms with Crippen molar-refractivity contribution in [2.75, 3.05) is 14.2 Å². The molecule has 0 unspecified atom stereocenters. The van der Waals surface area contributed by atoms with Crippen LogP contribution in [0.3, 0.4) is 0 Å². The molecule has 0 radical (unpaired) electrons. The summed E-state index contributed by atoms with van der Waals surface area (Å²) in [5, 5.41) is 0.683. The summed E-state index contributed by atoms with van der Waals surface area (Å²) in [5.74, 6) is 0.209. The molecule has 1 aromatic heterocycles. The monoisotopic (exact) mass is 347 g/mol. The third-order valence-electron chi connectivity index (χ3n) is 3.26. The molecule has 23 heavy (non-hydrogen) atoms. The van der Waals surface area contributed by atoms with Crippen LogP contribution < -0.4 is 4.74 Å². The first-order valence-corrected chi connectivity index (χ1v) is 8.35. The number of thiazole rings is 1. The number of methoxy groups -OCH3 is 2. The van der Waals surface area contributed by atoms with Crippen molar-refractivity contribution in [1.29, 1.82) is 0 Å². The third kappa shape index (κ3) is 2.77. The second-order valence-corrected chi connectivity index (χ2v) is 7.00. The number of thioether (sulfide) groups is 1. The van der Waals surface area contributed by atoms with E-state index in [4.69, 9.17) is 9.47 Å². The number of rotatable bonds is 4. The van der Waals surface area contributed by atoms with Gasteiger partial charge in [-0.05, 0) is 31.2 Å². The lowest BCUT2D eigenvalue weighted by atomic mass is 10.1. The Labute approximate surface area is 141 Å². The lowest BCUT2D eigenvalue weighted by Gasteiger charge is -2.16. The predicted molar refractivity (Wildman–Crippen MR) is 88.4 cm³/mol. The maximum Gasteiger partial charge on any atom is 0.248 e. The van der Waals surface area contributed by atoms with Crippen LogP contribution in [0.1, 0.15) is 25.2 Å². The highest BCUT2D eigenvalue weighted by Crippen LogP contribution is 2.39.